The Morgan fingerprint density at radius 1 is 1.20 bits per heavy atom. The molecule has 0 aliphatic heterocycles. The number of guanidine groups is 1. The highest BCUT2D eigenvalue weighted by Crippen LogP contribution is 2.14. The molecule has 0 atom stereocenters. The molecule has 0 aliphatic carbocycles. The van der Waals surface area contributed by atoms with Crippen LogP contribution in [-0.2, 0) is 6.42 Å². The fourth-order valence-corrected chi connectivity index (χ4v) is 2.38. The second-order valence-electron chi connectivity index (χ2n) is 6.08. The Labute approximate surface area is 151 Å². The van der Waals surface area contributed by atoms with Gasteiger partial charge in [0, 0.05) is 25.7 Å². The topological polar surface area (TPSA) is 85.8 Å². The van der Waals surface area contributed by atoms with Gasteiger partial charge in [-0.3, -0.25) is 9.79 Å². The maximum Gasteiger partial charge on any atom is 0.251 e. The van der Waals surface area contributed by atoms with E-state index in [0.29, 0.717) is 37.5 Å². The number of aliphatic imine (C=N–C) groups is 1. The fraction of sp³-hybridized carbons (Fsp3) is 0.579. The Morgan fingerprint density at radius 2 is 1.92 bits per heavy atom. The molecule has 0 unspecified atom stereocenters. The summed E-state index contributed by atoms with van der Waals surface area (Å²) in [4.78, 5) is 16.2. The van der Waals surface area contributed by atoms with Crippen molar-refractivity contribution >= 4 is 11.9 Å². The highest BCUT2D eigenvalue weighted by Gasteiger charge is 2.21. The molecule has 0 aromatic heterocycles. The number of rotatable bonds is 9. The average molecular weight is 348 g/mol. The molecule has 0 radical (unpaired) electrons. The van der Waals surface area contributed by atoms with Crippen molar-refractivity contribution < 1.29 is 9.90 Å². The van der Waals surface area contributed by atoms with E-state index >= 15 is 0 Å². The van der Waals surface area contributed by atoms with Crippen molar-refractivity contribution in [1.82, 2.24) is 16.0 Å². The van der Waals surface area contributed by atoms with E-state index in [-0.39, 0.29) is 5.91 Å². The van der Waals surface area contributed by atoms with Crippen molar-refractivity contribution in [3.8, 4) is 0 Å². The van der Waals surface area contributed by atoms with Gasteiger partial charge in [-0.2, -0.15) is 0 Å². The van der Waals surface area contributed by atoms with E-state index in [0.717, 1.165) is 18.5 Å². The monoisotopic (exact) mass is 348 g/mol. The van der Waals surface area contributed by atoms with Crippen LogP contribution in [0.4, 0.5) is 0 Å². The molecule has 0 heterocycles. The second kappa shape index (κ2) is 10.7. The van der Waals surface area contributed by atoms with Crippen LogP contribution in [0.5, 0.6) is 0 Å². The number of amides is 1. The van der Waals surface area contributed by atoms with Crippen molar-refractivity contribution in [3.05, 3.63) is 35.4 Å². The first kappa shape index (κ1) is 21.0. The summed E-state index contributed by atoms with van der Waals surface area (Å²) in [6.45, 7) is 7.78. The molecule has 140 valence electrons. The number of carbonyl (C=O) groups excluding carboxylic acids is 1. The molecule has 1 rings (SSSR count). The predicted octanol–water partition coefficient (Wildman–Crippen LogP) is 1.69. The Kier molecular flexibility index (Phi) is 8.99. The van der Waals surface area contributed by atoms with Crippen molar-refractivity contribution in [2.24, 2.45) is 4.99 Å². The molecule has 1 amide bonds. The molecule has 4 N–H and O–H groups in total. The van der Waals surface area contributed by atoms with Gasteiger partial charge < -0.3 is 21.1 Å². The number of hydrogen-bond donors (Lipinski definition) is 4. The normalized spacial score (nSPS) is 12.0. The van der Waals surface area contributed by atoms with Gasteiger partial charge in [-0.1, -0.05) is 26.0 Å². The van der Waals surface area contributed by atoms with Gasteiger partial charge in [0.2, 0.25) is 0 Å². The van der Waals surface area contributed by atoms with Crippen molar-refractivity contribution in [1.29, 1.82) is 0 Å². The predicted molar refractivity (Wildman–Crippen MR) is 103 cm³/mol. The molecule has 0 fully saturated rings. The first-order valence-corrected chi connectivity index (χ1v) is 9.03. The van der Waals surface area contributed by atoms with Gasteiger partial charge in [-0.15, -0.1) is 0 Å². The van der Waals surface area contributed by atoms with E-state index in [2.05, 4.69) is 20.9 Å². The lowest BCUT2D eigenvalue weighted by Crippen LogP contribution is -2.40. The molecule has 1 aromatic rings. The third kappa shape index (κ3) is 7.13. The highest BCUT2D eigenvalue weighted by molar-refractivity contribution is 5.94. The lowest BCUT2D eigenvalue weighted by Gasteiger charge is -2.23. The van der Waals surface area contributed by atoms with Crippen LogP contribution in [0.1, 0.15) is 49.5 Å². The quantitative estimate of drug-likeness (QED) is 0.404. The van der Waals surface area contributed by atoms with E-state index in [4.69, 9.17) is 0 Å². The van der Waals surface area contributed by atoms with E-state index < -0.39 is 5.60 Å². The summed E-state index contributed by atoms with van der Waals surface area (Å²) in [7, 11) is 1.63. The van der Waals surface area contributed by atoms with Gasteiger partial charge in [0.1, 0.15) is 0 Å². The van der Waals surface area contributed by atoms with E-state index in [9.17, 15) is 9.90 Å². The van der Waals surface area contributed by atoms with Gasteiger partial charge in [0.15, 0.2) is 5.96 Å². The van der Waals surface area contributed by atoms with Crippen LogP contribution in [0.25, 0.3) is 0 Å². The summed E-state index contributed by atoms with van der Waals surface area (Å²) >= 11 is 0. The highest BCUT2D eigenvalue weighted by atomic mass is 16.3. The lowest BCUT2D eigenvalue weighted by molar-refractivity contribution is 0.0418. The van der Waals surface area contributed by atoms with Crippen LogP contribution >= 0.6 is 0 Å². The number of hydrogen-bond acceptors (Lipinski definition) is 3. The van der Waals surface area contributed by atoms with Gasteiger partial charge in [0.05, 0.1) is 12.1 Å². The van der Waals surface area contributed by atoms with Gasteiger partial charge in [0.25, 0.3) is 5.91 Å². The van der Waals surface area contributed by atoms with Crippen LogP contribution in [0, 0.1) is 0 Å². The lowest BCUT2D eigenvalue weighted by atomic mass is 9.98. The molecule has 0 aliphatic rings. The van der Waals surface area contributed by atoms with Crippen molar-refractivity contribution in [3.63, 3.8) is 0 Å². The zero-order valence-electron chi connectivity index (χ0n) is 15.9. The maximum absolute atomic E-state index is 11.7. The first-order valence-electron chi connectivity index (χ1n) is 9.03. The Balaban J connectivity index is 2.62. The average Bonchev–Trinajstić information content (AvgIpc) is 2.65. The number of carbonyl (C=O) groups is 1. The molecule has 6 heteroatoms. The fourth-order valence-electron chi connectivity index (χ4n) is 2.38. The summed E-state index contributed by atoms with van der Waals surface area (Å²) < 4.78 is 0. The van der Waals surface area contributed by atoms with Gasteiger partial charge in [-0.25, -0.2) is 0 Å². The van der Waals surface area contributed by atoms with Crippen molar-refractivity contribution in [2.75, 3.05) is 26.7 Å². The SMILES string of the molecule is CCNC(=NCC(O)(CC)CC)NCCc1cccc(C(=O)NC)c1. The zero-order chi connectivity index (χ0) is 18.7. The number of benzene rings is 1. The smallest absolute Gasteiger partial charge is 0.251 e. The molecule has 25 heavy (non-hydrogen) atoms. The Bertz CT molecular complexity index is 568. The molecule has 0 bridgehead atoms. The number of aliphatic hydroxyl groups is 1. The van der Waals surface area contributed by atoms with E-state index in [1.807, 2.05) is 39.0 Å². The summed E-state index contributed by atoms with van der Waals surface area (Å²) in [6.07, 6.45) is 2.14. The minimum Gasteiger partial charge on any atom is -0.388 e. The molecule has 0 spiro atoms. The zero-order valence-corrected chi connectivity index (χ0v) is 15.9. The Hall–Kier alpha value is -2.08. The van der Waals surface area contributed by atoms with Crippen LogP contribution in [-0.4, -0.2) is 49.3 Å². The van der Waals surface area contributed by atoms with E-state index in [1.54, 1.807) is 13.1 Å². The maximum atomic E-state index is 11.7. The molecule has 1 aromatic carbocycles. The molecule has 0 saturated carbocycles. The summed E-state index contributed by atoms with van der Waals surface area (Å²) in [6, 6.07) is 7.60. The van der Waals surface area contributed by atoms with Crippen LogP contribution in [0.15, 0.2) is 29.3 Å². The minimum atomic E-state index is -0.746. The molecular weight excluding hydrogens is 316 g/mol. The summed E-state index contributed by atoms with van der Waals surface area (Å²) in [5.74, 6) is 0.619. The molecular formula is C19H32N4O2. The van der Waals surface area contributed by atoms with Crippen LogP contribution < -0.4 is 16.0 Å². The summed E-state index contributed by atoms with van der Waals surface area (Å²) in [5.41, 5.74) is 1.00. The number of nitrogens with zero attached hydrogens (tertiary/aromatic N) is 1. The summed E-state index contributed by atoms with van der Waals surface area (Å²) in [5, 5.41) is 19.5. The molecule has 6 nitrogen and oxygen atoms in total. The Morgan fingerprint density at radius 3 is 2.52 bits per heavy atom. The standard InChI is InChI=1S/C19H32N4O2/c1-5-19(25,6-2)14-23-18(21-7-3)22-12-11-15-9-8-10-16(13-15)17(24)20-4/h8-10,13,25H,5-7,11-12,14H2,1-4H3,(H,20,24)(H2,21,22,23). The first-order chi connectivity index (χ1) is 12.0. The third-order valence-corrected chi connectivity index (χ3v) is 4.31. The van der Waals surface area contributed by atoms with Gasteiger partial charge >= 0.3 is 0 Å². The van der Waals surface area contributed by atoms with Crippen LogP contribution in [0.3, 0.4) is 0 Å². The largest absolute Gasteiger partial charge is 0.388 e. The molecule has 0 saturated heterocycles. The van der Waals surface area contributed by atoms with E-state index in [1.165, 1.54) is 0 Å². The van der Waals surface area contributed by atoms with Gasteiger partial charge in [-0.05, 0) is 43.9 Å². The van der Waals surface area contributed by atoms with Crippen molar-refractivity contribution in [2.45, 2.75) is 45.6 Å². The third-order valence-electron chi connectivity index (χ3n) is 4.31. The second-order valence-corrected chi connectivity index (χ2v) is 6.08. The van der Waals surface area contributed by atoms with Crippen LogP contribution in [0.2, 0.25) is 0 Å². The number of nitrogens with one attached hydrogen (secondary N) is 3. The minimum absolute atomic E-state index is 0.0804.